The highest BCUT2D eigenvalue weighted by molar-refractivity contribution is 5.83. The van der Waals surface area contributed by atoms with Crippen molar-refractivity contribution in [3.63, 3.8) is 0 Å². The van der Waals surface area contributed by atoms with Crippen LogP contribution in [0, 0.1) is 11.3 Å². The van der Waals surface area contributed by atoms with E-state index in [9.17, 15) is 4.79 Å². The summed E-state index contributed by atoms with van der Waals surface area (Å²) in [6.07, 6.45) is 5.48. The van der Waals surface area contributed by atoms with E-state index in [2.05, 4.69) is 17.3 Å². The van der Waals surface area contributed by atoms with Gasteiger partial charge in [-0.3, -0.25) is 4.79 Å². The van der Waals surface area contributed by atoms with E-state index >= 15 is 0 Å². The van der Waals surface area contributed by atoms with Crippen molar-refractivity contribution >= 4 is 5.91 Å². The largest absolute Gasteiger partial charge is 0.356 e. The van der Waals surface area contributed by atoms with E-state index < -0.39 is 0 Å². The lowest BCUT2D eigenvalue weighted by Crippen LogP contribution is -2.50. The van der Waals surface area contributed by atoms with Crippen molar-refractivity contribution in [1.82, 2.24) is 10.2 Å². The number of hydrogen-bond acceptors (Lipinski definition) is 3. The van der Waals surface area contributed by atoms with Gasteiger partial charge in [0.2, 0.25) is 5.91 Å². The number of likely N-dealkylation sites (tertiary alicyclic amines) is 1. The van der Waals surface area contributed by atoms with Crippen molar-refractivity contribution < 1.29 is 4.79 Å². The van der Waals surface area contributed by atoms with Crippen LogP contribution in [0.3, 0.4) is 0 Å². The number of nitrogens with one attached hydrogen (secondary N) is 1. The monoisotopic (exact) mass is 239 g/mol. The maximum Gasteiger partial charge on any atom is 0.227 e. The summed E-state index contributed by atoms with van der Waals surface area (Å²) in [4.78, 5) is 14.4. The first-order valence-electron chi connectivity index (χ1n) is 6.83. The summed E-state index contributed by atoms with van der Waals surface area (Å²) in [5.74, 6) is 0.952. The molecule has 17 heavy (non-hydrogen) atoms. The first kappa shape index (κ1) is 12.8. The van der Waals surface area contributed by atoms with Crippen molar-refractivity contribution in [1.29, 1.82) is 0 Å². The zero-order chi connectivity index (χ0) is 12.3. The van der Waals surface area contributed by atoms with Crippen LogP contribution in [-0.4, -0.2) is 44.0 Å². The molecule has 1 atom stereocenters. The number of amides is 1. The molecule has 0 spiro atoms. The quantitative estimate of drug-likeness (QED) is 0.737. The fraction of sp³-hybridized carbons (Fsp3) is 0.923. The molecule has 2 fully saturated rings. The van der Waals surface area contributed by atoms with Crippen LogP contribution >= 0.6 is 0 Å². The van der Waals surface area contributed by atoms with Gasteiger partial charge in [0, 0.05) is 19.6 Å². The minimum atomic E-state index is -0.216. The summed E-state index contributed by atoms with van der Waals surface area (Å²) in [7, 11) is 2.16. The van der Waals surface area contributed by atoms with Gasteiger partial charge in [0.25, 0.3) is 0 Å². The second-order valence-corrected chi connectivity index (χ2v) is 5.80. The predicted molar refractivity (Wildman–Crippen MR) is 68.6 cm³/mol. The van der Waals surface area contributed by atoms with Gasteiger partial charge in [-0.05, 0) is 45.2 Å². The number of carbonyl (C=O) groups is 1. The van der Waals surface area contributed by atoms with Gasteiger partial charge in [0.05, 0.1) is 5.41 Å². The molecule has 1 amide bonds. The molecule has 0 bridgehead atoms. The maximum atomic E-state index is 12.0. The molecular weight excluding hydrogens is 214 g/mol. The lowest BCUT2D eigenvalue weighted by molar-refractivity contribution is -0.135. The Morgan fingerprint density at radius 1 is 1.53 bits per heavy atom. The highest BCUT2D eigenvalue weighted by atomic mass is 16.2. The van der Waals surface area contributed by atoms with E-state index in [4.69, 9.17) is 5.73 Å². The van der Waals surface area contributed by atoms with Crippen molar-refractivity contribution in [2.24, 2.45) is 17.1 Å². The molecule has 1 heterocycles. The number of carbonyl (C=O) groups excluding carboxylic acids is 1. The normalized spacial score (nSPS) is 27.8. The third-order valence-corrected chi connectivity index (χ3v) is 4.51. The summed E-state index contributed by atoms with van der Waals surface area (Å²) < 4.78 is 0. The fourth-order valence-corrected chi connectivity index (χ4v) is 2.97. The minimum Gasteiger partial charge on any atom is -0.356 e. The van der Waals surface area contributed by atoms with Gasteiger partial charge < -0.3 is 16.0 Å². The number of hydrogen-bond donors (Lipinski definition) is 2. The highest BCUT2D eigenvalue weighted by Crippen LogP contribution is 2.39. The Morgan fingerprint density at radius 2 is 2.29 bits per heavy atom. The third kappa shape index (κ3) is 2.80. The number of nitrogens with zero attached hydrogens (tertiary/aromatic N) is 1. The van der Waals surface area contributed by atoms with Gasteiger partial charge in [0.1, 0.15) is 0 Å². The zero-order valence-electron chi connectivity index (χ0n) is 10.9. The highest BCUT2D eigenvalue weighted by Gasteiger charge is 2.42. The molecule has 4 heteroatoms. The molecular formula is C13H25N3O. The van der Waals surface area contributed by atoms with Crippen LogP contribution in [0.15, 0.2) is 0 Å². The molecule has 0 aromatic rings. The SMILES string of the molecule is CN1CCC(CCNC(=O)C2(CN)CCC2)C1. The van der Waals surface area contributed by atoms with E-state index in [0.717, 1.165) is 38.1 Å². The molecule has 0 aromatic carbocycles. The van der Waals surface area contributed by atoms with Crippen LogP contribution in [0.1, 0.15) is 32.1 Å². The molecule has 2 rings (SSSR count). The van der Waals surface area contributed by atoms with Crippen LogP contribution < -0.4 is 11.1 Å². The van der Waals surface area contributed by atoms with Crippen LogP contribution in [-0.2, 0) is 4.79 Å². The van der Waals surface area contributed by atoms with Gasteiger partial charge in [-0.15, -0.1) is 0 Å². The Hall–Kier alpha value is -0.610. The van der Waals surface area contributed by atoms with Gasteiger partial charge in [-0.25, -0.2) is 0 Å². The van der Waals surface area contributed by atoms with Gasteiger partial charge in [-0.2, -0.15) is 0 Å². The minimum absolute atomic E-state index is 0.192. The first-order valence-corrected chi connectivity index (χ1v) is 6.83. The van der Waals surface area contributed by atoms with E-state index in [1.54, 1.807) is 0 Å². The Labute approximate surface area is 104 Å². The molecule has 1 aliphatic heterocycles. The lowest BCUT2D eigenvalue weighted by Gasteiger charge is -2.39. The van der Waals surface area contributed by atoms with E-state index in [1.807, 2.05) is 0 Å². The van der Waals surface area contributed by atoms with Crippen LogP contribution in [0.25, 0.3) is 0 Å². The van der Waals surface area contributed by atoms with Gasteiger partial charge in [-0.1, -0.05) is 6.42 Å². The topological polar surface area (TPSA) is 58.4 Å². The average Bonchev–Trinajstić information content (AvgIpc) is 2.63. The van der Waals surface area contributed by atoms with Crippen LogP contribution in [0.2, 0.25) is 0 Å². The van der Waals surface area contributed by atoms with Crippen molar-refractivity contribution in [2.45, 2.75) is 32.1 Å². The molecule has 1 unspecified atom stereocenters. The summed E-state index contributed by atoms with van der Waals surface area (Å²) in [5, 5.41) is 3.08. The molecule has 4 nitrogen and oxygen atoms in total. The molecule has 3 N–H and O–H groups in total. The molecule has 1 aliphatic carbocycles. The summed E-state index contributed by atoms with van der Waals surface area (Å²) >= 11 is 0. The third-order valence-electron chi connectivity index (χ3n) is 4.51. The molecule has 2 aliphatic rings. The lowest BCUT2D eigenvalue weighted by atomic mass is 9.68. The summed E-state index contributed by atoms with van der Waals surface area (Å²) in [6.45, 7) is 3.70. The average molecular weight is 239 g/mol. The maximum absolute atomic E-state index is 12.0. The second-order valence-electron chi connectivity index (χ2n) is 5.80. The van der Waals surface area contributed by atoms with Gasteiger partial charge >= 0.3 is 0 Å². The van der Waals surface area contributed by atoms with E-state index in [0.29, 0.717) is 6.54 Å². The van der Waals surface area contributed by atoms with E-state index in [-0.39, 0.29) is 11.3 Å². The second kappa shape index (κ2) is 5.36. The summed E-state index contributed by atoms with van der Waals surface area (Å²) in [5.41, 5.74) is 5.50. The molecule has 0 radical (unpaired) electrons. The first-order chi connectivity index (χ1) is 8.16. The van der Waals surface area contributed by atoms with Gasteiger partial charge in [0.15, 0.2) is 0 Å². The zero-order valence-corrected chi connectivity index (χ0v) is 10.9. The van der Waals surface area contributed by atoms with Crippen molar-refractivity contribution in [2.75, 3.05) is 33.2 Å². The Balaban J connectivity index is 1.66. The fourth-order valence-electron chi connectivity index (χ4n) is 2.97. The summed E-state index contributed by atoms with van der Waals surface area (Å²) in [6, 6.07) is 0. The molecule has 1 saturated heterocycles. The Kier molecular flexibility index (Phi) is 4.05. The number of rotatable bonds is 5. The van der Waals surface area contributed by atoms with Crippen LogP contribution in [0.4, 0.5) is 0 Å². The standard InChI is InChI=1S/C13H25N3O/c1-16-8-4-11(9-16)3-7-15-12(17)13(10-14)5-2-6-13/h11H,2-10,14H2,1H3,(H,15,17). The predicted octanol–water partition coefficient (Wildman–Crippen LogP) is 0.573. The molecule has 98 valence electrons. The molecule has 1 saturated carbocycles. The van der Waals surface area contributed by atoms with Crippen molar-refractivity contribution in [3.8, 4) is 0 Å². The molecule has 0 aromatic heterocycles. The Bertz CT molecular complexity index is 270. The van der Waals surface area contributed by atoms with E-state index in [1.165, 1.54) is 19.5 Å². The van der Waals surface area contributed by atoms with Crippen LogP contribution in [0.5, 0.6) is 0 Å². The van der Waals surface area contributed by atoms with Crippen molar-refractivity contribution in [3.05, 3.63) is 0 Å². The smallest absolute Gasteiger partial charge is 0.227 e. The number of nitrogens with two attached hydrogens (primary N) is 1. The Morgan fingerprint density at radius 3 is 2.76 bits per heavy atom.